The normalized spacial score (nSPS) is 13.6. The van der Waals surface area contributed by atoms with Crippen molar-refractivity contribution in [3.8, 4) is 0 Å². The van der Waals surface area contributed by atoms with E-state index in [0.29, 0.717) is 0 Å². The summed E-state index contributed by atoms with van der Waals surface area (Å²) >= 11 is 1.29. The summed E-state index contributed by atoms with van der Waals surface area (Å²) in [6.07, 6.45) is -0.149. The largest absolute Gasteiger partial charge is 0.295 e. The van der Waals surface area contributed by atoms with Gasteiger partial charge in [-0.15, -0.1) is 5.10 Å². The van der Waals surface area contributed by atoms with E-state index in [-0.39, 0.29) is 6.10 Å². The van der Waals surface area contributed by atoms with Crippen LogP contribution in [0.5, 0.6) is 0 Å². The SMILES string of the molecule is CC(ON)c1csnn1. The second-order valence-electron chi connectivity index (χ2n) is 1.61. The fourth-order valence-corrected chi connectivity index (χ4v) is 0.954. The Labute approximate surface area is 56.8 Å². The predicted octanol–water partition coefficient (Wildman–Crippen LogP) is 0.489. The minimum Gasteiger partial charge on any atom is -0.295 e. The average molecular weight is 145 g/mol. The number of hydrogen-bond acceptors (Lipinski definition) is 5. The van der Waals surface area contributed by atoms with E-state index in [9.17, 15) is 0 Å². The molecule has 0 fully saturated rings. The summed E-state index contributed by atoms with van der Waals surface area (Å²) in [6.45, 7) is 1.82. The van der Waals surface area contributed by atoms with Crippen molar-refractivity contribution >= 4 is 11.5 Å². The van der Waals surface area contributed by atoms with Gasteiger partial charge in [-0.1, -0.05) is 4.49 Å². The maximum absolute atomic E-state index is 4.90. The number of aromatic nitrogens is 2. The third kappa shape index (κ3) is 1.44. The van der Waals surface area contributed by atoms with E-state index in [1.54, 1.807) is 5.38 Å². The van der Waals surface area contributed by atoms with Crippen LogP contribution in [0.3, 0.4) is 0 Å². The van der Waals surface area contributed by atoms with Gasteiger partial charge in [-0.3, -0.25) is 4.84 Å². The monoisotopic (exact) mass is 145 g/mol. The maximum Gasteiger partial charge on any atom is 0.121 e. The van der Waals surface area contributed by atoms with Crippen LogP contribution in [0.4, 0.5) is 0 Å². The van der Waals surface area contributed by atoms with Crippen LogP contribution in [0.1, 0.15) is 18.7 Å². The molecule has 0 aromatic carbocycles. The van der Waals surface area contributed by atoms with Gasteiger partial charge >= 0.3 is 0 Å². The highest BCUT2D eigenvalue weighted by atomic mass is 32.1. The molecule has 0 saturated carbocycles. The first-order valence-electron chi connectivity index (χ1n) is 2.47. The first kappa shape index (κ1) is 6.60. The fourth-order valence-electron chi connectivity index (χ4n) is 0.419. The van der Waals surface area contributed by atoms with E-state index in [4.69, 9.17) is 5.90 Å². The molecule has 0 aliphatic heterocycles. The summed E-state index contributed by atoms with van der Waals surface area (Å²) in [5.41, 5.74) is 0.780. The molecule has 0 amide bonds. The van der Waals surface area contributed by atoms with Crippen LogP contribution in [0, 0.1) is 0 Å². The molecule has 1 aromatic heterocycles. The molecular formula is C4H7N3OS. The van der Waals surface area contributed by atoms with Gasteiger partial charge in [0.25, 0.3) is 0 Å². The molecule has 1 atom stereocenters. The minimum atomic E-state index is -0.149. The summed E-state index contributed by atoms with van der Waals surface area (Å²) < 4.78 is 3.65. The Hall–Kier alpha value is -0.520. The van der Waals surface area contributed by atoms with E-state index in [1.807, 2.05) is 6.92 Å². The zero-order valence-corrected chi connectivity index (χ0v) is 5.76. The van der Waals surface area contributed by atoms with E-state index >= 15 is 0 Å². The Morgan fingerprint density at radius 3 is 3.11 bits per heavy atom. The van der Waals surface area contributed by atoms with Gasteiger partial charge in [-0.2, -0.15) is 0 Å². The van der Waals surface area contributed by atoms with Crippen LogP contribution in [0.25, 0.3) is 0 Å². The van der Waals surface area contributed by atoms with Crippen LogP contribution in [0.15, 0.2) is 5.38 Å². The lowest BCUT2D eigenvalue weighted by atomic mass is 10.3. The van der Waals surface area contributed by atoms with Crippen LogP contribution in [-0.2, 0) is 4.84 Å². The minimum absolute atomic E-state index is 0.149. The second-order valence-corrected chi connectivity index (χ2v) is 2.22. The first-order valence-corrected chi connectivity index (χ1v) is 3.30. The summed E-state index contributed by atoms with van der Waals surface area (Å²) in [7, 11) is 0. The van der Waals surface area contributed by atoms with Gasteiger partial charge in [-0.25, -0.2) is 5.90 Å². The smallest absolute Gasteiger partial charge is 0.121 e. The predicted molar refractivity (Wildman–Crippen MR) is 33.6 cm³/mol. The van der Waals surface area contributed by atoms with Crippen molar-refractivity contribution in [2.24, 2.45) is 5.90 Å². The van der Waals surface area contributed by atoms with E-state index in [2.05, 4.69) is 14.4 Å². The second kappa shape index (κ2) is 2.86. The molecule has 0 bridgehead atoms. The summed E-state index contributed by atoms with van der Waals surface area (Å²) in [4.78, 5) is 4.50. The summed E-state index contributed by atoms with van der Waals surface area (Å²) in [6, 6.07) is 0. The molecule has 0 saturated heterocycles. The number of rotatable bonds is 2. The van der Waals surface area contributed by atoms with E-state index in [0.717, 1.165) is 5.69 Å². The van der Waals surface area contributed by atoms with Gasteiger partial charge in [0.1, 0.15) is 11.8 Å². The Morgan fingerprint density at radius 2 is 2.67 bits per heavy atom. The molecule has 0 radical (unpaired) electrons. The highest BCUT2D eigenvalue weighted by molar-refractivity contribution is 7.03. The number of nitrogens with two attached hydrogens (primary N) is 1. The van der Waals surface area contributed by atoms with Crippen molar-refractivity contribution in [3.63, 3.8) is 0 Å². The third-order valence-corrected chi connectivity index (χ3v) is 1.52. The van der Waals surface area contributed by atoms with Crippen molar-refractivity contribution in [3.05, 3.63) is 11.1 Å². The summed E-state index contributed by atoms with van der Waals surface area (Å²) in [5.74, 6) is 4.90. The van der Waals surface area contributed by atoms with Gasteiger partial charge in [0.2, 0.25) is 0 Å². The Morgan fingerprint density at radius 1 is 1.89 bits per heavy atom. The highest BCUT2D eigenvalue weighted by Crippen LogP contribution is 2.11. The molecule has 1 heterocycles. The average Bonchev–Trinajstić information content (AvgIpc) is 2.37. The van der Waals surface area contributed by atoms with Crippen LogP contribution < -0.4 is 5.90 Å². The lowest BCUT2D eigenvalue weighted by molar-refractivity contribution is 0.0634. The van der Waals surface area contributed by atoms with E-state index < -0.39 is 0 Å². The molecule has 50 valence electrons. The van der Waals surface area contributed by atoms with Gasteiger partial charge in [0.15, 0.2) is 0 Å². The lowest BCUT2D eigenvalue weighted by Crippen LogP contribution is -2.05. The van der Waals surface area contributed by atoms with E-state index in [1.165, 1.54) is 11.5 Å². The summed E-state index contributed by atoms with van der Waals surface area (Å²) in [5, 5.41) is 5.55. The third-order valence-electron chi connectivity index (χ3n) is 0.998. The van der Waals surface area contributed by atoms with Crippen LogP contribution in [-0.4, -0.2) is 9.59 Å². The molecule has 9 heavy (non-hydrogen) atoms. The molecule has 1 rings (SSSR count). The topological polar surface area (TPSA) is 61.0 Å². The molecular weight excluding hydrogens is 138 g/mol. The van der Waals surface area contributed by atoms with Gasteiger partial charge < -0.3 is 0 Å². The fraction of sp³-hybridized carbons (Fsp3) is 0.500. The van der Waals surface area contributed by atoms with Crippen molar-refractivity contribution in [1.29, 1.82) is 0 Å². The molecule has 4 nitrogen and oxygen atoms in total. The Kier molecular flexibility index (Phi) is 2.10. The van der Waals surface area contributed by atoms with Gasteiger partial charge in [-0.05, 0) is 18.5 Å². The first-order chi connectivity index (χ1) is 4.34. The molecule has 5 heteroatoms. The molecule has 1 aromatic rings. The Balaban J connectivity index is 2.65. The van der Waals surface area contributed by atoms with Crippen molar-refractivity contribution in [1.82, 2.24) is 9.59 Å². The van der Waals surface area contributed by atoms with Crippen molar-refractivity contribution in [2.75, 3.05) is 0 Å². The zero-order chi connectivity index (χ0) is 6.69. The lowest BCUT2D eigenvalue weighted by Gasteiger charge is -2.00. The molecule has 2 N–H and O–H groups in total. The molecule has 0 aliphatic carbocycles. The quantitative estimate of drug-likeness (QED) is 0.615. The number of hydrogen-bond donors (Lipinski definition) is 1. The van der Waals surface area contributed by atoms with Crippen LogP contribution >= 0.6 is 11.5 Å². The number of nitrogens with zero attached hydrogens (tertiary/aromatic N) is 2. The zero-order valence-electron chi connectivity index (χ0n) is 4.94. The van der Waals surface area contributed by atoms with Gasteiger partial charge in [0.05, 0.1) is 0 Å². The van der Waals surface area contributed by atoms with Crippen molar-refractivity contribution < 1.29 is 4.84 Å². The molecule has 1 unspecified atom stereocenters. The highest BCUT2D eigenvalue weighted by Gasteiger charge is 2.05. The van der Waals surface area contributed by atoms with Crippen molar-refractivity contribution in [2.45, 2.75) is 13.0 Å². The maximum atomic E-state index is 4.90. The molecule has 0 spiro atoms. The van der Waals surface area contributed by atoms with Gasteiger partial charge in [0, 0.05) is 5.38 Å². The Bertz CT molecular complexity index is 164. The van der Waals surface area contributed by atoms with Crippen LogP contribution in [0.2, 0.25) is 0 Å². The standard InChI is InChI=1S/C4H7N3OS/c1-3(8-5)4-2-9-7-6-4/h2-3H,5H2,1H3. The molecule has 0 aliphatic rings.